The molecule has 2 aliphatic rings. The molecule has 25 heavy (non-hydrogen) atoms. The van der Waals surface area contributed by atoms with Gasteiger partial charge in [-0.15, -0.1) is 0 Å². The minimum atomic E-state index is -0.516. The third-order valence-corrected chi connectivity index (χ3v) is 4.57. The molecule has 1 amide bonds. The number of pyridine rings is 1. The van der Waals surface area contributed by atoms with Gasteiger partial charge in [0, 0.05) is 52.1 Å². The maximum absolute atomic E-state index is 12.1. The first-order valence-electron chi connectivity index (χ1n) is 8.43. The first-order valence-corrected chi connectivity index (χ1v) is 9.21. The van der Waals surface area contributed by atoms with E-state index >= 15 is 0 Å². The molecule has 0 aromatic carbocycles. The zero-order valence-corrected chi connectivity index (χ0v) is 15.7. The molecule has 0 unspecified atom stereocenters. The topological polar surface area (TPSA) is 80.8 Å². The second-order valence-electron chi connectivity index (χ2n) is 7.41. The average molecular weight is 360 g/mol. The van der Waals surface area contributed by atoms with Crippen molar-refractivity contribution in [2.75, 3.05) is 13.1 Å². The molecular weight excluding hydrogens is 336 g/mol. The molecule has 1 saturated carbocycles. The summed E-state index contributed by atoms with van der Waals surface area (Å²) in [5.41, 5.74) is 8.18. The highest BCUT2D eigenvalue weighted by atomic mass is 32.2. The number of carbonyl (C=O) groups excluding carboxylic acids is 1. The first kappa shape index (κ1) is 17.8. The minimum absolute atomic E-state index is 0.355. The summed E-state index contributed by atoms with van der Waals surface area (Å²) < 4.78 is 9.74. The number of nitrogens with zero attached hydrogens (tertiary/aromatic N) is 3. The van der Waals surface area contributed by atoms with Crippen LogP contribution < -0.4 is 5.73 Å². The highest BCUT2D eigenvalue weighted by Gasteiger charge is 2.28. The van der Waals surface area contributed by atoms with Gasteiger partial charge in [0.2, 0.25) is 0 Å². The van der Waals surface area contributed by atoms with Crippen molar-refractivity contribution >= 4 is 24.3 Å². The molecule has 6 nitrogen and oxygen atoms in total. The molecule has 134 valence electrons. The zero-order valence-electron chi connectivity index (χ0n) is 14.9. The van der Waals surface area contributed by atoms with Crippen LogP contribution in [0.1, 0.15) is 45.2 Å². The van der Waals surface area contributed by atoms with Crippen LogP contribution in [0.15, 0.2) is 38.9 Å². The van der Waals surface area contributed by atoms with Crippen molar-refractivity contribution in [2.45, 2.75) is 50.0 Å². The highest BCUT2D eigenvalue weighted by molar-refractivity contribution is 7.98. The monoisotopic (exact) mass is 360 g/mol. The van der Waals surface area contributed by atoms with Crippen LogP contribution in [0.5, 0.6) is 0 Å². The summed E-state index contributed by atoms with van der Waals surface area (Å²) in [6.45, 7) is 6.33. The Morgan fingerprint density at radius 1 is 1.40 bits per heavy atom. The molecule has 1 fully saturated rings. The molecule has 1 aliphatic carbocycles. The molecule has 0 bridgehead atoms. The number of amides is 1. The Morgan fingerprint density at radius 3 is 2.76 bits per heavy atom. The molecule has 0 atom stereocenters. The summed E-state index contributed by atoms with van der Waals surface area (Å²) in [5.74, 6) is 0.657. The predicted molar refractivity (Wildman–Crippen MR) is 99.6 cm³/mol. The second kappa shape index (κ2) is 7.07. The third-order valence-electron chi connectivity index (χ3n) is 3.91. The summed E-state index contributed by atoms with van der Waals surface area (Å²) in [7, 11) is 0. The molecular formula is C18H24N4O2S. The lowest BCUT2D eigenvalue weighted by molar-refractivity contribution is 0.0300. The van der Waals surface area contributed by atoms with Gasteiger partial charge in [0.25, 0.3) is 0 Å². The number of aromatic nitrogens is 1. The van der Waals surface area contributed by atoms with Gasteiger partial charge >= 0.3 is 6.09 Å². The highest BCUT2D eigenvalue weighted by Crippen LogP contribution is 2.39. The van der Waals surface area contributed by atoms with E-state index in [1.165, 1.54) is 30.5 Å². The van der Waals surface area contributed by atoms with Gasteiger partial charge in [-0.25, -0.2) is 9.19 Å². The van der Waals surface area contributed by atoms with Crippen LogP contribution in [0.25, 0.3) is 0 Å². The van der Waals surface area contributed by atoms with Crippen LogP contribution in [0.4, 0.5) is 4.79 Å². The van der Waals surface area contributed by atoms with Crippen LogP contribution in [-0.4, -0.2) is 40.9 Å². The van der Waals surface area contributed by atoms with Crippen molar-refractivity contribution < 1.29 is 9.53 Å². The van der Waals surface area contributed by atoms with E-state index in [9.17, 15) is 4.79 Å². The Bertz CT molecular complexity index is 703. The Morgan fingerprint density at radius 2 is 2.16 bits per heavy atom. The number of nitrogens with two attached hydrogens (primary N) is 1. The first-order chi connectivity index (χ1) is 11.8. The van der Waals surface area contributed by atoms with E-state index < -0.39 is 5.60 Å². The fourth-order valence-corrected chi connectivity index (χ4v) is 3.00. The molecule has 2 N–H and O–H groups in total. The maximum atomic E-state index is 12.1. The molecule has 0 saturated heterocycles. The smallest absolute Gasteiger partial charge is 0.410 e. The van der Waals surface area contributed by atoms with Crippen molar-refractivity contribution in [1.29, 1.82) is 0 Å². The van der Waals surface area contributed by atoms with E-state index in [4.69, 9.17) is 10.5 Å². The Kier molecular flexibility index (Phi) is 5.03. The second-order valence-corrected chi connectivity index (χ2v) is 8.27. The molecule has 3 rings (SSSR count). The summed E-state index contributed by atoms with van der Waals surface area (Å²) in [6, 6.07) is 4.12. The van der Waals surface area contributed by atoms with Gasteiger partial charge in [-0.05, 0) is 45.7 Å². The number of ether oxygens (including phenoxy) is 1. The van der Waals surface area contributed by atoms with Crippen molar-refractivity contribution in [1.82, 2.24) is 9.88 Å². The molecule has 1 aromatic rings. The van der Waals surface area contributed by atoms with Crippen molar-refractivity contribution in [3.8, 4) is 0 Å². The molecule has 7 heteroatoms. The van der Waals surface area contributed by atoms with Gasteiger partial charge in [-0.1, -0.05) is 0 Å². The quantitative estimate of drug-likeness (QED) is 0.656. The summed E-state index contributed by atoms with van der Waals surface area (Å²) in [5, 5.41) is 0. The minimum Gasteiger partial charge on any atom is -0.444 e. The number of rotatable bonds is 4. The van der Waals surface area contributed by atoms with Crippen molar-refractivity contribution in [3.05, 3.63) is 35.3 Å². The van der Waals surface area contributed by atoms with Gasteiger partial charge < -0.3 is 10.5 Å². The summed E-state index contributed by atoms with van der Waals surface area (Å²) in [6.07, 6.45) is 5.72. The molecule has 1 aliphatic heterocycles. The Hall–Kier alpha value is -2.02. The van der Waals surface area contributed by atoms with E-state index in [1.54, 1.807) is 11.1 Å². The maximum Gasteiger partial charge on any atom is 0.410 e. The van der Waals surface area contributed by atoms with Crippen LogP contribution in [0.2, 0.25) is 0 Å². The van der Waals surface area contributed by atoms with Crippen LogP contribution in [0.3, 0.4) is 0 Å². The largest absolute Gasteiger partial charge is 0.444 e. The van der Waals surface area contributed by atoms with Gasteiger partial charge in [0.1, 0.15) is 5.60 Å². The van der Waals surface area contributed by atoms with Gasteiger partial charge in [0.15, 0.2) is 0 Å². The lowest BCUT2D eigenvalue weighted by atomic mass is 10.2. The molecule has 2 heterocycles. The molecule has 0 spiro atoms. The third kappa shape index (κ3) is 4.98. The molecule has 0 radical (unpaired) electrons. The summed E-state index contributed by atoms with van der Waals surface area (Å²) in [4.78, 5) is 19.1. The van der Waals surface area contributed by atoms with Crippen molar-refractivity contribution in [2.24, 2.45) is 10.1 Å². The standard InChI is InChI=1S/C18H24N4O2S/c1-18(2,3)24-17(23)22-10-13(15(19)11-22)8-21-25-14-6-7-16(20-9-14)12-4-5-12/h6-9,12H,4-5,10-11,19H2,1-3H3. The fourth-order valence-electron chi connectivity index (χ4n) is 2.47. The fraction of sp³-hybridized carbons (Fsp3) is 0.500. The predicted octanol–water partition coefficient (Wildman–Crippen LogP) is 3.50. The average Bonchev–Trinajstić information content (AvgIpc) is 3.31. The van der Waals surface area contributed by atoms with Gasteiger partial charge in [0.05, 0.1) is 13.1 Å². The lowest BCUT2D eigenvalue weighted by Gasteiger charge is -2.24. The van der Waals surface area contributed by atoms with Gasteiger partial charge in [-0.2, -0.15) is 0 Å². The lowest BCUT2D eigenvalue weighted by Crippen LogP contribution is -2.36. The van der Waals surface area contributed by atoms with Crippen LogP contribution in [0, 0.1) is 0 Å². The SMILES string of the molecule is CC(C)(C)OC(=O)N1CC(N)=C(C=NSc2ccc(C3CC3)nc2)C1. The number of hydrogen-bond acceptors (Lipinski definition) is 6. The number of carbonyl (C=O) groups is 1. The van der Waals surface area contributed by atoms with E-state index in [-0.39, 0.29) is 6.09 Å². The van der Waals surface area contributed by atoms with E-state index in [0.29, 0.717) is 24.7 Å². The van der Waals surface area contributed by atoms with Crippen LogP contribution in [-0.2, 0) is 4.74 Å². The zero-order chi connectivity index (χ0) is 18.0. The Balaban J connectivity index is 1.52. The van der Waals surface area contributed by atoms with E-state index in [0.717, 1.165) is 10.5 Å². The van der Waals surface area contributed by atoms with Crippen molar-refractivity contribution in [3.63, 3.8) is 0 Å². The van der Waals surface area contributed by atoms with E-state index in [2.05, 4.69) is 15.4 Å². The number of hydrogen-bond donors (Lipinski definition) is 1. The van der Waals surface area contributed by atoms with E-state index in [1.807, 2.05) is 33.0 Å². The molecule has 1 aromatic heterocycles. The van der Waals surface area contributed by atoms with Gasteiger partial charge in [-0.3, -0.25) is 9.88 Å². The summed E-state index contributed by atoms with van der Waals surface area (Å²) >= 11 is 1.35. The Labute approximate surface area is 152 Å². The normalized spacial score (nSPS) is 18.3. The van der Waals surface area contributed by atoms with Crippen LogP contribution >= 0.6 is 11.9 Å².